The number of nitrogens with one attached hydrogen (secondary N) is 1. The molecule has 0 aliphatic carbocycles. The van der Waals surface area contributed by atoms with Crippen molar-refractivity contribution in [2.75, 3.05) is 5.32 Å². The zero-order valence-electron chi connectivity index (χ0n) is 10.6. The van der Waals surface area contributed by atoms with E-state index in [0.29, 0.717) is 5.13 Å². The van der Waals surface area contributed by atoms with Crippen molar-refractivity contribution in [3.8, 4) is 0 Å². The molecule has 2 N–H and O–H groups in total. The molecule has 5 nitrogen and oxygen atoms in total. The van der Waals surface area contributed by atoms with Gasteiger partial charge in [0.2, 0.25) is 5.91 Å². The Labute approximate surface area is 114 Å². The van der Waals surface area contributed by atoms with Crippen LogP contribution in [0.1, 0.15) is 13.8 Å². The fraction of sp³-hybridized carbons (Fsp3) is 0.308. The van der Waals surface area contributed by atoms with Crippen LogP contribution in [0.3, 0.4) is 0 Å². The summed E-state index contributed by atoms with van der Waals surface area (Å²) in [6.07, 6.45) is 0. The first kappa shape index (κ1) is 13.5. The molecule has 1 aromatic carbocycles. The van der Waals surface area contributed by atoms with Crippen molar-refractivity contribution in [2.24, 2.45) is 11.8 Å². The van der Waals surface area contributed by atoms with E-state index in [1.165, 1.54) is 18.3 Å². The van der Waals surface area contributed by atoms with Gasteiger partial charge in [-0.1, -0.05) is 37.3 Å². The number of para-hydroxylation sites is 1. The minimum absolute atomic E-state index is 0.325. The van der Waals surface area contributed by atoms with Crippen molar-refractivity contribution in [1.29, 1.82) is 0 Å². The maximum Gasteiger partial charge on any atom is 0.307 e. The molecule has 0 aliphatic rings. The van der Waals surface area contributed by atoms with Crippen LogP contribution in [0.5, 0.6) is 0 Å². The van der Waals surface area contributed by atoms with E-state index in [0.717, 1.165) is 10.2 Å². The second kappa shape index (κ2) is 5.36. The Morgan fingerprint density at radius 1 is 1.26 bits per heavy atom. The van der Waals surface area contributed by atoms with Gasteiger partial charge in [0, 0.05) is 5.92 Å². The number of carbonyl (C=O) groups is 2. The van der Waals surface area contributed by atoms with Gasteiger partial charge >= 0.3 is 5.97 Å². The minimum atomic E-state index is -0.980. The molecule has 6 heteroatoms. The van der Waals surface area contributed by atoms with Crippen LogP contribution in [0.25, 0.3) is 10.2 Å². The number of hydrogen-bond acceptors (Lipinski definition) is 4. The van der Waals surface area contributed by atoms with E-state index in [1.807, 2.05) is 24.3 Å². The van der Waals surface area contributed by atoms with Gasteiger partial charge in [0.25, 0.3) is 0 Å². The van der Waals surface area contributed by atoms with Crippen LogP contribution in [-0.4, -0.2) is 22.0 Å². The number of carboxylic acids is 1. The van der Waals surface area contributed by atoms with Crippen LogP contribution in [0.15, 0.2) is 24.3 Å². The van der Waals surface area contributed by atoms with Crippen LogP contribution in [0.2, 0.25) is 0 Å². The molecule has 100 valence electrons. The number of nitrogens with zero attached hydrogens (tertiary/aromatic N) is 1. The Balaban J connectivity index is 2.12. The molecule has 19 heavy (non-hydrogen) atoms. The van der Waals surface area contributed by atoms with Gasteiger partial charge in [-0.15, -0.1) is 0 Å². The number of carbonyl (C=O) groups excluding carboxylic acids is 1. The highest BCUT2D eigenvalue weighted by molar-refractivity contribution is 7.22. The number of aliphatic carboxylic acids is 1. The number of fused-ring (bicyclic) bond motifs is 1. The standard InChI is InChI=1S/C13H14N2O3S/c1-7(8(2)12(17)18)11(16)15-13-14-9-5-3-4-6-10(9)19-13/h3-8H,1-2H3,(H,17,18)(H,14,15,16). The molecule has 0 saturated carbocycles. The fourth-order valence-corrected chi connectivity index (χ4v) is 2.45. The van der Waals surface area contributed by atoms with Gasteiger partial charge in [0.15, 0.2) is 5.13 Å². The molecule has 2 unspecified atom stereocenters. The first-order valence-electron chi connectivity index (χ1n) is 5.88. The van der Waals surface area contributed by atoms with Crippen molar-refractivity contribution in [3.05, 3.63) is 24.3 Å². The molecule has 0 bridgehead atoms. The summed E-state index contributed by atoms with van der Waals surface area (Å²) in [5.74, 6) is -2.64. The Bertz CT molecular complexity index is 590. The number of carboxylic acid groups (broad SMARTS) is 1. The van der Waals surface area contributed by atoms with Gasteiger partial charge in [0.1, 0.15) is 0 Å². The third kappa shape index (κ3) is 2.90. The SMILES string of the molecule is CC(C(=O)O)C(C)C(=O)Nc1nc2ccccc2s1. The first-order valence-corrected chi connectivity index (χ1v) is 6.70. The molecule has 2 aromatic rings. The number of benzene rings is 1. The van der Waals surface area contributed by atoms with E-state index in [9.17, 15) is 9.59 Å². The maximum absolute atomic E-state index is 11.9. The van der Waals surface area contributed by atoms with E-state index in [-0.39, 0.29) is 5.91 Å². The van der Waals surface area contributed by atoms with Crippen molar-refractivity contribution < 1.29 is 14.7 Å². The molecule has 1 aromatic heterocycles. The Morgan fingerprint density at radius 2 is 1.95 bits per heavy atom. The number of hydrogen-bond donors (Lipinski definition) is 2. The van der Waals surface area contributed by atoms with E-state index in [4.69, 9.17) is 5.11 Å². The first-order chi connectivity index (χ1) is 8.99. The maximum atomic E-state index is 11.9. The molecule has 0 aliphatic heterocycles. The van der Waals surface area contributed by atoms with Crippen molar-refractivity contribution in [3.63, 3.8) is 0 Å². The second-order valence-corrected chi connectivity index (χ2v) is 5.42. The number of anilines is 1. The second-order valence-electron chi connectivity index (χ2n) is 4.39. The third-order valence-corrected chi connectivity index (χ3v) is 4.03. The average Bonchev–Trinajstić information content (AvgIpc) is 2.78. The lowest BCUT2D eigenvalue weighted by molar-refractivity contribution is -0.145. The molecule has 2 atom stereocenters. The lowest BCUT2D eigenvalue weighted by atomic mass is 9.95. The molecule has 2 rings (SSSR count). The number of rotatable bonds is 4. The van der Waals surface area contributed by atoms with Gasteiger partial charge in [-0.25, -0.2) is 4.98 Å². The summed E-state index contributed by atoms with van der Waals surface area (Å²) < 4.78 is 0.983. The van der Waals surface area contributed by atoms with Crippen molar-refractivity contribution in [2.45, 2.75) is 13.8 Å². The third-order valence-electron chi connectivity index (χ3n) is 3.08. The smallest absolute Gasteiger partial charge is 0.307 e. The van der Waals surface area contributed by atoms with E-state index in [2.05, 4.69) is 10.3 Å². The highest BCUT2D eigenvalue weighted by atomic mass is 32.1. The van der Waals surface area contributed by atoms with Gasteiger partial charge in [0.05, 0.1) is 16.1 Å². The quantitative estimate of drug-likeness (QED) is 0.901. The predicted octanol–water partition coefficient (Wildman–Crippen LogP) is 2.59. The van der Waals surface area contributed by atoms with Gasteiger partial charge < -0.3 is 10.4 Å². The summed E-state index contributed by atoms with van der Waals surface area (Å²) >= 11 is 1.37. The Kier molecular flexibility index (Phi) is 3.80. The molecule has 0 radical (unpaired) electrons. The zero-order chi connectivity index (χ0) is 14.0. The predicted molar refractivity (Wildman–Crippen MR) is 74.2 cm³/mol. The normalized spacial score (nSPS) is 14.0. The number of thiazole rings is 1. The van der Waals surface area contributed by atoms with Crippen molar-refractivity contribution in [1.82, 2.24) is 4.98 Å². The summed E-state index contributed by atoms with van der Waals surface area (Å²) in [5.41, 5.74) is 0.821. The van der Waals surface area contributed by atoms with Gasteiger partial charge in [-0.05, 0) is 12.1 Å². The van der Waals surface area contributed by atoms with E-state index >= 15 is 0 Å². The molecule has 1 amide bonds. The summed E-state index contributed by atoms with van der Waals surface area (Å²) in [6, 6.07) is 7.57. The summed E-state index contributed by atoms with van der Waals surface area (Å²) in [7, 11) is 0. The van der Waals surface area contributed by atoms with Crippen LogP contribution in [0, 0.1) is 11.8 Å². The number of aromatic nitrogens is 1. The topological polar surface area (TPSA) is 79.3 Å². The molecule has 0 spiro atoms. The lowest BCUT2D eigenvalue weighted by Gasteiger charge is -2.14. The molecular formula is C13H14N2O3S. The fourth-order valence-electron chi connectivity index (χ4n) is 1.59. The van der Waals surface area contributed by atoms with Gasteiger partial charge in [-0.2, -0.15) is 0 Å². The minimum Gasteiger partial charge on any atom is -0.481 e. The summed E-state index contributed by atoms with van der Waals surface area (Å²) in [4.78, 5) is 27.1. The zero-order valence-corrected chi connectivity index (χ0v) is 11.4. The Hall–Kier alpha value is -1.95. The summed E-state index contributed by atoms with van der Waals surface area (Å²) in [5, 5.41) is 12.1. The van der Waals surface area contributed by atoms with E-state index in [1.54, 1.807) is 6.92 Å². The molecular weight excluding hydrogens is 264 g/mol. The highest BCUT2D eigenvalue weighted by Gasteiger charge is 2.26. The van der Waals surface area contributed by atoms with Gasteiger partial charge in [-0.3, -0.25) is 9.59 Å². The molecule has 0 saturated heterocycles. The lowest BCUT2D eigenvalue weighted by Crippen LogP contribution is -2.29. The molecule has 1 heterocycles. The van der Waals surface area contributed by atoms with Crippen LogP contribution < -0.4 is 5.32 Å². The largest absolute Gasteiger partial charge is 0.481 e. The van der Waals surface area contributed by atoms with Crippen LogP contribution in [0.4, 0.5) is 5.13 Å². The molecule has 0 fully saturated rings. The highest BCUT2D eigenvalue weighted by Crippen LogP contribution is 2.26. The average molecular weight is 278 g/mol. The van der Waals surface area contributed by atoms with E-state index < -0.39 is 17.8 Å². The van der Waals surface area contributed by atoms with Crippen molar-refractivity contribution >= 4 is 38.6 Å². The monoisotopic (exact) mass is 278 g/mol. The number of amides is 1. The van der Waals surface area contributed by atoms with Crippen LogP contribution >= 0.6 is 11.3 Å². The Morgan fingerprint density at radius 3 is 2.58 bits per heavy atom. The summed E-state index contributed by atoms with van der Waals surface area (Å²) in [6.45, 7) is 3.12. The van der Waals surface area contributed by atoms with Crippen LogP contribution in [-0.2, 0) is 9.59 Å².